The summed E-state index contributed by atoms with van der Waals surface area (Å²) in [7, 11) is -0.506. The summed E-state index contributed by atoms with van der Waals surface area (Å²) in [6, 6.07) is 14.2. The van der Waals surface area contributed by atoms with E-state index >= 15 is 0 Å². The molecule has 0 N–H and O–H groups in total. The van der Waals surface area contributed by atoms with Crippen LogP contribution in [0.1, 0.15) is 47.2 Å². The number of hydrogen-bond donors (Lipinski definition) is 0. The standard InChI is InChI=1S/C21H26N2.C11H16NO3S.CH2.ClH.Ru/c1-14-9-16(3)20(17(4)10-14)22-7-8-23(13-22)21-18(5)11-15(2)12-19(21)6;1-9(2)15-10-5-7-11(8-6-10)16(13,14)12(3)4;;;/h9-12H,7-8H2,1-6H3;5,7-9H,1-4H3;1H2;1H;/q;;;;+1/p-1. The maximum atomic E-state index is 13.2. The van der Waals surface area contributed by atoms with Gasteiger partial charge in [-0.1, -0.05) is 0 Å². The smallest absolute Gasteiger partial charge is 1.00 e. The number of ether oxygens (including phenoxy) is 1. The summed E-state index contributed by atoms with van der Waals surface area (Å²) >= 11 is -2.35. The zero-order valence-corrected chi connectivity index (χ0v) is 29.8. The van der Waals surface area contributed by atoms with Crippen LogP contribution in [-0.2, 0) is 25.1 Å². The fraction of sp³-hybridized carbons (Fsp3) is 0.394. The first-order valence-electron chi connectivity index (χ1n) is 13.9. The molecule has 0 spiro atoms. The summed E-state index contributed by atoms with van der Waals surface area (Å²) in [5, 5.41) is 4.87. The molecule has 0 bridgehead atoms. The Balaban J connectivity index is 0.00000484. The zero-order chi connectivity index (χ0) is 30.4. The largest absolute Gasteiger partial charge is 1.00 e. The molecule has 9 heteroatoms. The average molecular weight is 699 g/mol. The molecule has 3 aromatic carbocycles. The van der Waals surface area contributed by atoms with Gasteiger partial charge in [0.1, 0.15) is 0 Å². The van der Waals surface area contributed by atoms with E-state index in [9.17, 15) is 8.42 Å². The molecule has 0 radical (unpaired) electrons. The molecule has 1 fully saturated rings. The van der Waals surface area contributed by atoms with Crippen molar-refractivity contribution in [1.82, 2.24) is 4.31 Å². The Morgan fingerprint density at radius 3 is 1.62 bits per heavy atom. The first-order valence-corrected chi connectivity index (χ1v) is 18.3. The van der Waals surface area contributed by atoms with Gasteiger partial charge in [0.25, 0.3) is 0 Å². The summed E-state index contributed by atoms with van der Waals surface area (Å²) in [4.78, 5) is 5.15. The molecule has 1 heterocycles. The van der Waals surface area contributed by atoms with Crippen LogP contribution in [0.2, 0.25) is 0 Å². The Morgan fingerprint density at radius 1 is 0.810 bits per heavy atom. The molecule has 1 aliphatic heterocycles. The summed E-state index contributed by atoms with van der Waals surface area (Å²) in [5.74, 6) is 0.709. The van der Waals surface area contributed by atoms with E-state index < -0.39 is 25.1 Å². The quantitative estimate of drug-likeness (QED) is 0.355. The summed E-state index contributed by atoms with van der Waals surface area (Å²) < 4.78 is 36.1. The van der Waals surface area contributed by atoms with Gasteiger partial charge in [-0.15, -0.1) is 0 Å². The molecule has 230 valence electrons. The van der Waals surface area contributed by atoms with Gasteiger partial charge in [-0.25, -0.2) is 0 Å². The molecule has 42 heavy (non-hydrogen) atoms. The van der Waals surface area contributed by atoms with Crippen LogP contribution in [0.3, 0.4) is 0 Å². The second-order valence-corrected chi connectivity index (χ2v) is 17.0. The van der Waals surface area contributed by atoms with E-state index in [-0.39, 0.29) is 23.4 Å². The molecule has 0 amide bonds. The number of anilines is 2. The fourth-order valence-corrected chi connectivity index (χ4v) is 10.6. The molecule has 4 rings (SSSR count). The third kappa shape index (κ3) is 6.57. The number of benzene rings is 3. The van der Waals surface area contributed by atoms with Gasteiger partial charge in [0.2, 0.25) is 0 Å². The van der Waals surface area contributed by atoms with Crippen LogP contribution < -0.4 is 31.1 Å². The summed E-state index contributed by atoms with van der Waals surface area (Å²) in [6.07, 6.45) is -0.0593. The van der Waals surface area contributed by atoms with E-state index in [0.717, 1.165) is 21.6 Å². The van der Waals surface area contributed by atoms with Gasteiger partial charge in [0, 0.05) is 0 Å². The molecule has 0 aliphatic carbocycles. The molecule has 0 aromatic heterocycles. The van der Waals surface area contributed by atoms with Crippen molar-refractivity contribution in [3.05, 3.63) is 75.8 Å². The van der Waals surface area contributed by atoms with Crippen molar-refractivity contribution in [1.29, 1.82) is 0 Å². The molecular formula is C33H44ClN3O3RuS. The van der Waals surface area contributed by atoms with Gasteiger partial charge < -0.3 is 12.4 Å². The van der Waals surface area contributed by atoms with Crippen molar-refractivity contribution < 1.29 is 40.6 Å². The summed E-state index contributed by atoms with van der Waals surface area (Å²) in [6.45, 7) is 18.6. The Hall–Kier alpha value is -2.38. The molecule has 6 nitrogen and oxygen atoms in total. The SMILES string of the molecule is [CH2]=[Ru+](=[C]1N(c2c(C)cc(C)cc2C)CCN1c1c(C)cc(C)cc1C)[c]1cc(S(=O)(=O)N(C)C)ccc1OC(C)C.[Cl-]. The van der Waals surface area contributed by atoms with E-state index in [4.69, 9.17) is 9.85 Å². The summed E-state index contributed by atoms with van der Waals surface area (Å²) in [5.41, 5.74) is 9.80. The third-order valence-corrected chi connectivity index (χ3v) is 12.7. The first-order chi connectivity index (χ1) is 19.1. The van der Waals surface area contributed by atoms with Crippen LogP contribution in [0.4, 0.5) is 11.4 Å². The second-order valence-electron chi connectivity index (χ2n) is 11.4. The molecular weight excluding hydrogens is 655 g/mol. The molecule has 0 atom stereocenters. The topological polar surface area (TPSA) is 53.1 Å². The molecule has 3 aromatic rings. The van der Waals surface area contributed by atoms with Gasteiger partial charge in [-0.2, -0.15) is 0 Å². The minimum absolute atomic E-state index is 0. The number of hydrogen-bond acceptors (Lipinski definition) is 5. The van der Waals surface area contributed by atoms with Crippen molar-refractivity contribution in [3.8, 4) is 5.75 Å². The van der Waals surface area contributed by atoms with Crippen molar-refractivity contribution >= 4 is 35.0 Å². The number of nitrogens with zero attached hydrogens (tertiary/aromatic N) is 3. The van der Waals surface area contributed by atoms with E-state index in [2.05, 4.69) is 75.6 Å². The predicted molar refractivity (Wildman–Crippen MR) is 171 cm³/mol. The van der Waals surface area contributed by atoms with Crippen molar-refractivity contribution in [3.63, 3.8) is 0 Å². The van der Waals surface area contributed by atoms with Gasteiger partial charge in [0.15, 0.2) is 0 Å². The number of sulfonamides is 1. The van der Waals surface area contributed by atoms with Crippen molar-refractivity contribution in [2.75, 3.05) is 37.0 Å². The van der Waals surface area contributed by atoms with Crippen LogP contribution in [-0.4, -0.2) is 55.5 Å². The van der Waals surface area contributed by atoms with Crippen LogP contribution >= 0.6 is 0 Å². The maximum Gasteiger partial charge on any atom is -1.00 e. The number of aryl methyl sites for hydroxylation is 6. The Morgan fingerprint density at radius 2 is 1.24 bits per heavy atom. The minimum atomic E-state index is -3.63. The van der Waals surface area contributed by atoms with Crippen LogP contribution in [0.5, 0.6) is 5.75 Å². The van der Waals surface area contributed by atoms with Crippen LogP contribution in [0.25, 0.3) is 0 Å². The van der Waals surface area contributed by atoms with E-state index in [1.165, 1.54) is 49.1 Å². The molecule has 1 saturated heterocycles. The maximum absolute atomic E-state index is 13.2. The predicted octanol–water partition coefficient (Wildman–Crippen LogP) is 2.37. The Labute approximate surface area is 263 Å². The number of halogens is 1. The normalized spacial score (nSPS) is 13.9. The minimum Gasteiger partial charge on any atom is -1.00 e. The number of rotatable bonds is 7. The van der Waals surface area contributed by atoms with Gasteiger partial charge >= 0.3 is 252 Å². The molecule has 0 unspecified atom stereocenters. The second kappa shape index (κ2) is 13.1. The molecule has 0 saturated carbocycles. The van der Waals surface area contributed by atoms with Crippen molar-refractivity contribution in [2.24, 2.45) is 0 Å². The zero-order valence-electron chi connectivity index (χ0n) is 26.4. The Kier molecular flexibility index (Phi) is 10.6. The first kappa shape index (κ1) is 34.1. The van der Waals surface area contributed by atoms with E-state index in [1.807, 2.05) is 26.0 Å². The molecule has 1 aliphatic rings. The average Bonchev–Trinajstić information content (AvgIpc) is 3.25. The van der Waals surface area contributed by atoms with E-state index in [1.54, 1.807) is 20.2 Å². The van der Waals surface area contributed by atoms with E-state index in [0.29, 0.717) is 5.75 Å². The van der Waals surface area contributed by atoms with Crippen LogP contribution in [0.15, 0.2) is 47.4 Å². The van der Waals surface area contributed by atoms with Gasteiger partial charge in [0.05, 0.1) is 0 Å². The van der Waals surface area contributed by atoms with Crippen LogP contribution in [0, 0.1) is 41.5 Å². The third-order valence-electron chi connectivity index (χ3n) is 7.25. The fourth-order valence-electron chi connectivity index (χ4n) is 5.80. The van der Waals surface area contributed by atoms with Gasteiger partial charge in [-0.3, -0.25) is 0 Å². The monoisotopic (exact) mass is 699 g/mol. The Bertz CT molecular complexity index is 1580. The van der Waals surface area contributed by atoms with Crippen molar-refractivity contribution in [2.45, 2.75) is 66.4 Å². The van der Waals surface area contributed by atoms with Gasteiger partial charge in [-0.05, 0) is 0 Å².